The monoisotopic (exact) mass is 209 g/mol. The highest BCUT2D eigenvalue weighted by atomic mass is 35.5. The summed E-state index contributed by atoms with van der Waals surface area (Å²) >= 11 is 5.94. The zero-order valence-electron chi connectivity index (χ0n) is 7.17. The topological polar surface area (TPSA) is 74.7 Å². The molecule has 1 aromatic heterocycles. The fourth-order valence-electron chi connectivity index (χ4n) is 1.30. The van der Waals surface area contributed by atoms with Crippen LogP contribution >= 0.6 is 11.6 Å². The van der Waals surface area contributed by atoms with Crippen LogP contribution in [-0.4, -0.2) is 10.2 Å². The summed E-state index contributed by atoms with van der Waals surface area (Å²) in [5.41, 5.74) is 6.35. The Morgan fingerprint density at radius 2 is 1.93 bits per heavy atom. The molecule has 0 amide bonds. The predicted octanol–water partition coefficient (Wildman–Crippen LogP) is 1.61. The third kappa shape index (κ3) is 1.29. The molecule has 0 atom stereocenters. The first-order chi connectivity index (χ1) is 6.70. The maximum absolute atomic E-state index is 11.4. The van der Waals surface area contributed by atoms with Crippen LogP contribution in [0.3, 0.4) is 0 Å². The minimum Gasteiger partial charge on any atom is -0.383 e. The van der Waals surface area contributed by atoms with Crippen molar-refractivity contribution in [3.05, 3.63) is 39.6 Å². The molecule has 5 heteroatoms. The van der Waals surface area contributed by atoms with E-state index < -0.39 is 0 Å². The lowest BCUT2D eigenvalue weighted by molar-refractivity contribution is 1.06. The highest BCUT2D eigenvalue weighted by Gasteiger charge is 2.11. The van der Waals surface area contributed by atoms with Gasteiger partial charge in [0.05, 0.1) is 5.56 Å². The first kappa shape index (κ1) is 8.90. The van der Waals surface area contributed by atoms with Crippen molar-refractivity contribution >= 4 is 17.4 Å². The number of hydrogen-bond acceptors (Lipinski definition) is 2. The van der Waals surface area contributed by atoms with Gasteiger partial charge in [0.25, 0.3) is 5.56 Å². The number of aromatic nitrogens is 2. The number of hydrogen-bond donors (Lipinski definition) is 3. The summed E-state index contributed by atoms with van der Waals surface area (Å²) in [6.07, 6.45) is 0. The van der Waals surface area contributed by atoms with Crippen LogP contribution in [0.4, 0.5) is 5.82 Å². The molecule has 0 aliphatic heterocycles. The maximum atomic E-state index is 11.4. The normalized spacial score (nSPS) is 10.4. The molecule has 0 bridgehead atoms. The average Bonchev–Trinajstić information content (AvgIpc) is 2.48. The molecule has 0 saturated carbocycles. The van der Waals surface area contributed by atoms with E-state index in [2.05, 4.69) is 10.2 Å². The smallest absolute Gasteiger partial charge is 0.274 e. The fraction of sp³-hybridized carbons (Fsp3) is 0. The zero-order chi connectivity index (χ0) is 10.1. The molecule has 0 aliphatic rings. The standard InChI is InChI=1S/C9H8ClN3O/c10-6-4-2-1-3-5(6)7-8(11)12-13-9(7)14/h1-4H,(H4,11,12,13,14). The summed E-state index contributed by atoms with van der Waals surface area (Å²) in [5, 5.41) is 5.45. The number of nitrogens with two attached hydrogens (primary N) is 1. The van der Waals surface area contributed by atoms with Crippen LogP contribution in [0, 0.1) is 0 Å². The van der Waals surface area contributed by atoms with Crippen LogP contribution in [0.2, 0.25) is 5.02 Å². The first-order valence-electron chi connectivity index (χ1n) is 4.01. The number of nitrogens with one attached hydrogen (secondary N) is 2. The quantitative estimate of drug-likeness (QED) is 0.668. The summed E-state index contributed by atoms with van der Waals surface area (Å²) in [7, 11) is 0. The van der Waals surface area contributed by atoms with Crippen molar-refractivity contribution in [2.24, 2.45) is 0 Å². The van der Waals surface area contributed by atoms with Crippen LogP contribution in [0.25, 0.3) is 11.1 Å². The molecule has 72 valence electrons. The Morgan fingerprint density at radius 1 is 1.21 bits per heavy atom. The van der Waals surface area contributed by atoms with Gasteiger partial charge in [-0.05, 0) is 6.07 Å². The van der Waals surface area contributed by atoms with E-state index >= 15 is 0 Å². The number of aromatic amines is 2. The molecular formula is C9H8ClN3O. The van der Waals surface area contributed by atoms with E-state index in [9.17, 15) is 4.79 Å². The van der Waals surface area contributed by atoms with Crippen LogP contribution < -0.4 is 11.3 Å². The molecule has 1 heterocycles. The van der Waals surface area contributed by atoms with E-state index in [0.717, 1.165) is 0 Å². The minimum absolute atomic E-state index is 0.268. The van der Waals surface area contributed by atoms with Gasteiger partial charge in [-0.2, -0.15) is 0 Å². The highest BCUT2D eigenvalue weighted by Crippen LogP contribution is 2.27. The van der Waals surface area contributed by atoms with Gasteiger partial charge in [0.1, 0.15) is 5.82 Å². The second kappa shape index (κ2) is 3.23. The van der Waals surface area contributed by atoms with Gasteiger partial charge in [-0.25, -0.2) is 0 Å². The number of rotatable bonds is 1. The summed E-state index contributed by atoms with van der Waals surface area (Å²) in [6, 6.07) is 7.05. The molecule has 0 unspecified atom stereocenters. The van der Waals surface area contributed by atoms with Crippen LogP contribution in [0.15, 0.2) is 29.1 Å². The van der Waals surface area contributed by atoms with Crippen molar-refractivity contribution in [1.82, 2.24) is 10.2 Å². The van der Waals surface area contributed by atoms with Gasteiger partial charge < -0.3 is 5.73 Å². The van der Waals surface area contributed by atoms with Crippen molar-refractivity contribution in [2.45, 2.75) is 0 Å². The van der Waals surface area contributed by atoms with Gasteiger partial charge in [-0.3, -0.25) is 15.0 Å². The molecule has 4 N–H and O–H groups in total. The molecule has 0 saturated heterocycles. The number of nitrogen functional groups attached to an aromatic ring is 1. The van der Waals surface area contributed by atoms with Gasteiger partial charge in [0, 0.05) is 10.6 Å². The van der Waals surface area contributed by atoms with Gasteiger partial charge in [0.2, 0.25) is 0 Å². The van der Waals surface area contributed by atoms with Crippen LogP contribution in [-0.2, 0) is 0 Å². The summed E-state index contributed by atoms with van der Waals surface area (Å²) < 4.78 is 0. The Labute approximate surface area is 84.7 Å². The van der Waals surface area contributed by atoms with E-state index in [1.807, 2.05) is 0 Å². The van der Waals surface area contributed by atoms with Crippen LogP contribution in [0.1, 0.15) is 0 Å². The van der Waals surface area contributed by atoms with Crippen molar-refractivity contribution in [1.29, 1.82) is 0 Å². The van der Waals surface area contributed by atoms with E-state index in [1.165, 1.54) is 0 Å². The summed E-state index contributed by atoms with van der Waals surface area (Å²) in [6.45, 7) is 0. The zero-order valence-corrected chi connectivity index (χ0v) is 7.93. The van der Waals surface area contributed by atoms with Crippen molar-refractivity contribution < 1.29 is 0 Å². The summed E-state index contributed by atoms with van der Waals surface area (Å²) in [4.78, 5) is 11.4. The Hall–Kier alpha value is -1.68. The van der Waals surface area contributed by atoms with E-state index in [1.54, 1.807) is 24.3 Å². The van der Waals surface area contributed by atoms with Gasteiger partial charge in [-0.1, -0.05) is 29.8 Å². The molecule has 14 heavy (non-hydrogen) atoms. The average molecular weight is 210 g/mol. The predicted molar refractivity (Wildman–Crippen MR) is 56.3 cm³/mol. The van der Waals surface area contributed by atoms with Gasteiger partial charge >= 0.3 is 0 Å². The van der Waals surface area contributed by atoms with Crippen molar-refractivity contribution in [3.63, 3.8) is 0 Å². The van der Waals surface area contributed by atoms with Gasteiger partial charge in [0.15, 0.2) is 0 Å². The summed E-state index contributed by atoms with van der Waals surface area (Å²) in [5.74, 6) is 0.295. The third-order valence-corrected chi connectivity index (χ3v) is 2.28. The molecule has 0 aliphatic carbocycles. The SMILES string of the molecule is Nc1[nH][nH]c(=O)c1-c1ccccc1Cl. The fourth-order valence-corrected chi connectivity index (χ4v) is 1.53. The second-order valence-electron chi connectivity index (χ2n) is 2.85. The lowest BCUT2D eigenvalue weighted by Gasteiger charge is -2.00. The van der Waals surface area contributed by atoms with E-state index in [-0.39, 0.29) is 5.56 Å². The maximum Gasteiger partial charge on any atom is 0.274 e. The minimum atomic E-state index is -0.268. The Kier molecular flexibility index (Phi) is 2.05. The second-order valence-corrected chi connectivity index (χ2v) is 3.25. The molecule has 0 fully saturated rings. The Balaban J connectivity index is 2.72. The molecule has 0 spiro atoms. The molecular weight excluding hydrogens is 202 g/mol. The Bertz CT molecular complexity index is 515. The molecule has 1 aromatic carbocycles. The lowest BCUT2D eigenvalue weighted by Crippen LogP contribution is -2.02. The molecule has 2 rings (SSSR count). The number of anilines is 1. The number of benzene rings is 1. The lowest BCUT2D eigenvalue weighted by atomic mass is 10.1. The third-order valence-electron chi connectivity index (χ3n) is 1.95. The van der Waals surface area contributed by atoms with Crippen molar-refractivity contribution in [2.75, 3.05) is 5.73 Å². The molecule has 4 nitrogen and oxygen atoms in total. The van der Waals surface area contributed by atoms with Crippen molar-refractivity contribution in [3.8, 4) is 11.1 Å². The highest BCUT2D eigenvalue weighted by molar-refractivity contribution is 6.33. The van der Waals surface area contributed by atoms with Crippen LogP contribution in [0.5, 0.6) is 0 Å². The molecule has 2 aromatic rings. The molecule has 0 radical (unpaired) electrons. The number of H-pyrrole nitrogens is 2. The first-order valence-corrected chi connectivity index (χ1v) is 4.39. The van der Waals surface area contributed by atoms with Gasteiger partial charge in [-0.15, -0.1) is 0 Å². The largest absolute Gasteiger partial charge is 0.383 e. The number of halogens is 1. The Morgan fingerprint density at radius 3 is 2.50 bits per heavy atom. The van der Waals surface area contributed by atoms with E-state index in [4.69, 9.17) is 17.3 Å². The van der Waals surface area contributed by atoms with E-state index in [0.29, 0.717) is 22.0 Å².